The molecule has 0 atom stereocenters. The maximum Gasteiger partial charge on any atom is 0.269 e. The SMILES string of the molecule is Cc1ccccc1-n1c(C)nnc1SCC(=O)N(C)c1ccc([N+](=O)[O-])cc1. The van der Waals surface area contributed by atoms with E-state index >= 15 is 0 Å². The average molecular weight is 397 g/mol. The van der Waals surface area contributed by atoms with E-state index in [9.17, 15) is 14.9 Å². The van der Waals surface area contributed by atoms with Gasteiger partial charge in [0.25, 0.3) is 5.69 Å². The number of anilines is 1. The van der Waals surface area contributed by atoms with Crippen LogP contribution < -0.4 is 4.90 Å². The van der Waals surface area contributed by atoms with Crippen LogP contribution in [0.5, 0.6) is 0 Å². The highest BCUT2D eigenvalue weighted by Crippen LogP contribution is 2.25. The zero-order valence-electron chi connectivity index (χ0n) is 15.7. The first-order chi connectivity index (χ1) is 13.4. The molecule has 8 nitrogen and oxygen atoms in total. The number of aromatic nitrogens is 3. The Kier molecular flexibility index (Phi) is 5.74. The summed E-state index contributed by atoms with van der Waals surface area (Å²) in [5.41, 5.74) is 2.64. The molecule has 0 bridgehead atoms. The van der Waals surface area contributed by atoms with Crippen molar-refractivity contribution < 1.29 is 9.72 Å². The Morgan fingerprint density at radius 2 is 1.82 bits per heavy atom. The summed E-state index contributed by atoms with van der Waals surface area (Å²) in [5, 5.41) is 19.7. The fraction of sp³-hybridized carbons (Fsp3) is 0.211. The molecular weight excluding hydrogens is 378 g/mol. The molecule has 0 radical (unpaired) electrons. The minimum Gasteiger partial charge on any atom is -0.315 e. The van der Waals surface area contributed by atoms with Gasteiger partial charge in [-0.1, -0.05) is 30.0 Å². The molecule has 0 aliphatic rings. The lowest BCUT2D eigenvalue weighted by Crippen LogP contribution is -2.28. The molecule has 2 aromatic carbocycles. The first-order valence-electron chi connectivity index (χ1n) is 8.50. The number of aryl methyl sites for hydroxylation is 2. The maximum atomic E-state index is 12.6. The second-order valence-electron chi connectivity index (χ2n) is 6.17. The third kappa shape index (κ3) is 4.04. The summed E-state index contributed by atoms with van der Waals surface area (Å²) in [4.78, 5) is 24.3. The van der Waals surface area contributed by atoms with Crippen molar-refractivity contribution in [2.24, 2.45) is 0 Å². The van der Waals surface area contributed by atoms with Gasteiger partial charge in [0.1, 0.15) is 5.82 Å². The van der Waals surface area contributed by atoms with Crippen LogP contribution in [-0.2, 0) is 4.79 Å². The van der Waals surface area contributed by atoms with Gasteiger partial charge in [0.05, 0.1) is 16.4 Å². The Morgan fingerprint density at radius 3 is 2.46 bits per heavy atom. The molecule has 0 unspecified atom stereocenters. The number of carbonyl (C=O) groups excluding carboxylic acids is 1. The van der Waals surface area contributed by atoms with E-state index in [1.54, 1.807) is 19.2 Å². The van der Waals surface area contributed by atoms with Crippen molar-refractivity contribution in [3.05, 3.63) is 70.0 Å². The van der Waals surface area contributed by atoms with Gasteiger partial charge in [0.2, 0.25) is 5.91 Å². The van der Waals surface area contributed by atoms with Gasteiger partial charge in [-0.3, -0.25) is 19.5 Å². The van der Waals surface area contributed by atoms with Gasteiger partial charge < -0.3 is 4.90 Å². The van der Waals surface area contributed by atoms with E-state index in [1.165, 1.54) is 28.8 Å². The monoisotopic (exact) mass is 397 g/mol. The standard InChI is InChI=1S/C19H19N5O3S/c1-13-6-4-5-7-17(13)23-14(2)20-21-19(23)28-12-18(25)22(3)15-8-10-16(11-9-15)24(26)27/h4-11H,12H2,1-3H3. The molecule has 1 amide bonds. The third-order valence-corrected chi connectivity index (χ3v) is 5.21. The van der Waals surface area contributed by atoms with Crippen molar-refractivity contribution >= 4 is 29.0 Å². The smallest absolute Gasteiger partial charge is 0.269 e. The van der Waals surface area contributed by atoms with E-state index in [-0.39, 0.29) is 17.3 Å². The molecule has 1 aromatic heterocycles. The first kappa shape index (κ1) is 19.6. The minimum atomic E-state index is -0.470. The van der Waals surface area contributed by atoms with E-state index in [1.807, 2.05) is 42.7 Å². The van der Waals surface area contributed by atoms with Crippen molar-refractivity contribution in [3.63, 3.8) is 0 Å². The number of carbonyl (C=O) groups is 1. The quantitative estimate of drug-likeness (QED) is 0.359. The van der Waals surface area contributed by atoms with Gasteiger partial charge in [-0.25, -0.2) is 0 Å². The summed E-state index contributed by atoms with van der Waals surface area (Å²) >= 11 is 1.30. The zero-order chi connectivity index (χ0) is 20.3. The normalized spacial score (nSPS) is 10.7. The van der Waals surface area contributed by atoms with Crippen LogP contribution in [0.3, 0.4) is 0 Å². The lowest BCUT2D eigenvalue weighted by molar-refractivity contribution is -0.384. The maximum absolute atomic E-state index is 12.6. The van der Waals surface area contributed by atoms with Gasteiger partial charge in [0, 0.05) is 24.9 Å². The molecule has 3 aromatic rings. The topological polar surface area (TPSA) is 94.2 Å². The van der Waals surface area contributed by atoms with Gasteiger partial charge in [-0.2, -0.15) is 0 Å². The van der Waals surface area contributed by atoms with Crippen LogP contribution in [0.15, 0.2) is 53.7 Å². The number of benzene rings is 2. The largest absolute Gasteiger partial charge is 0.315 e. The predicted molar refractivity (Wildman–Crippen MR) is 108 cm³/mol. The summed E-state index contributed by atoms with van der Waals surface area (Å²) in [6.07, 6.45) is 0. The molecule has 0 spiro atoms. The zero-order valence-corrected chi connectivity index (χ0v) is 16.5. The summed E-state index contributed by atoms with van der Waals surface area (Å²) in [5.74, 6) is 0.765. The molecule has 0 saturated heterocycles. The lowest BCUT2D eigenvalue weighted by atomic mass is 10.2. The van der Waals surface area contributed by atoms with Crippen molar-refractivity contribution in [1.29, 1.82) is 0 Å². The average Bonchev–Trinajstić information content (AvgIpc) is 3.06. The van der Waals surface area contributed by atoms with Crippen LogP contribution in [0.1, 0.15) is 11.4 Å². The number of hydrogen-bond acceptors (Lipinski definition) is 6. The highest BCUT2D eigenvalue weighted by Gasteiger charge is 2.17. The molecule has 0 N–H and O–H groups in total. The number of amides is 1. The van der Waals surface area contributed by atoms with Gasteiger partial charge in [-0.05, 0) is 37.6 Å². The number of nitro benzene ring substituents is 1. The lowest BCUT2D eigenvalue weighted by Gasteiger charge is -2.17. The molecule has 0 fully saturated rings. The Balaban J connectivity index is 1.73. The fourth-order valence-electron chi connectivity index (χ4n) is 2.69. The van der Waals surface area contributed by atoms with Crippen molar-refractivity contribution in [2.45, 2.75) is 19.0 Å². The molecule has 0 aliphatic heterocycles. The van der Waals surface area contributed by atoms with Crippen molar-refractivity contribution in [1.82, 2.24) is 14.8 Å². The molecule has 3 rings (SSSR count). The molecule has 144 valence electrons. The number of hydrogen-bond donors (Lipinski definition) is 0. The highest BCUT2D eigenvalue weighted by atomic mass is 32.2. The third-order valence-electron chi connectivity index (χ3n) is 4.30. The van der Waals surface area contributed by atoms with Crippen molar-refractivity contribution in [3.8, 4) is 5.69 Å². The van der Waals surface area contributed by atoms with Crippen LogP contribution in [0.25, 0.3) is 5.69 Å². The molecule has 9 heteroatoms. The number of para-hydroxylation sites is 1. The van der Waals surface area contributed by atoms with E-state index < -0.39 is 4.92 Å². The van der Waals surface area contributed by atoms with Crippen LogP contribution in [0.4, 0.5) is 11.4 Å². The Bertz CT molecular complexity index is 1020. The Hall–Kier alpha value is -3.20. The predicted octanol–water partition coefficient (Wildman–Crippen LogP) is 3.55. The van der Waals surface area contributed by atoms with E-state index in [0.717, 1.165) is 17.1 Å². The van der Waals surface area contributed by atoms with Crippen molar-refractivity contribution in [2.75, 3.05) is 17.7 Å². The van der Waals surface area contributed by atoms with Crippen LogP contribution >= 0.6 is 11.8 Å². The first-order valence-corrected chi connectivity index (χ1v) is 9.49. The second kappa shape index (κ2) is 8.22. The molecular formula is C19H19N5O3S. The van der Waals surface area contributed by atoms with E-state index in [2.05, 4.69) is 10.2 Å². The van der Waals surface area contributed by atoms with Gasteiger partial charge in [0.15, 0.2) is 5.16 Å². The Labute approximate surface area is 166 Å². The van der Waals surface area contributed by atoms with E-state index in [0.29, 0.717) is 10.8 Å². The second-order valence-corrected chi connectivity index (χ2v) is 7.11. The highest BCUT2D eigenvalue weighted by molar-refractivity contribution is 7.99. The molecule has 28 heavy (non-hydrogen) atoms. The minimum absolute atomic E-state index is 0.0132. The summed E-state index contributed by atoms with van der Waals surface area (Å²) in [6, 6.07) is 13.8. The number of nitro groups is 1. The fourth-order valence-corrected chi connectivity index (χ4v) is 3.60. The molecule has 0 saturated carbocycles. The Morgan fingerprint density at radius 1 is 1.14 bits per heavy atom. The number of nitrogens with zero attached hydrogens (tertiary/aromatic N) is 5. The van der Waals surface area contributed by atoms with Crippen LogP contribution in [0.2, 0.25) is 0 Å². The van der Waals surface area contributed by atoms with E-state index in [4.69, 9.17) is 0 Å². The number of non-ortho nitro benzene ring substituents is 1. The number of rotatable bonds is 6. The van der Waals surface area contributed by atoms with Gasteiger partial charge >= 0.3 is 0 Å². The van der Waals surface area contributed by atoms with Gasteiger partial charge in [-0.15, -0.1) is 10.2 Å². The molecule has 1 heterocycles. The summed E-state index contributed by atoms with van der Waals surface area (Å²) < 4.78 is 1.93. The van der Waals surface area contributed by atoms with Crippen LogP contribution in [0, 0.1) is 24.0 Å². The molecule has 0 aliphatic carbocycles. The van der Waals surface area contributed by atoms with Crippen LogP contribution in [-0.4, -0.2) is 38.4 Å². The summed E-state index contributed by atoms with van der Waals surface area (Å²) in [6.45, 7) is 3.88. The number of thioether (sulfide) groups is 1. The summed E-state index contributed by atoms with van der Waals surface area (Å²) in [7, 11) is 1.64.